The van der Waals surface area contributed by atoms with Crippen LogP contribution in [0.25, 0.3) is 0 Å². The number of anilines is 1. The van der Waals surface area contributed by atoms with Crippen molar-refractivity contribution in [3.63, 3.8) is 0 Å². The second-order valence-corrected chi connectivity index (χ2v) is 7.12. The highest BCUT2D eigenvalue weighted by atomic mass is 16.3. The first-order chi connectivity index (χ1) is 14.2. The number of phenolic OH excluding ortho intramolecular Hbond substituents is 1. The van der Waals surface area contributed by atoms with E-state index in [1.54, 1.807) is 18.4 Å². The molecule has 1 amide bonds. The number of nitrogens with one attached hydrogen (secondary N) is 1. The molecule has 0 radical (unpaired) electrons. The van der Waals surface area contributed by atoms with Crippen molar-refractivity contribution in [1.82, 2.24) is 10.2 Å². The fraction of sp³-hybridized carbons (Fsp3) is 0.261. The van der Waals surface area contributed by atoms with E-state index in [4.69, 9.17) is 4.42 Å². The first-order valence-electron chi connectivity index (χ1n) is 9.84. The normalized spacial score (nSPS) is 15.3. The molecule has 2 aromatic carbocycles. The number of amides is 1. The highest BCUT2D eigenvalue weighted by Gasteiger charge is 2.23. The molecule has 0 saturated carbocycles. The van der Waals surface area contributed by atoms with Gasteiger partial charge in [0.2, 0.25) is 5.91 Å². The second kappa shape index (κ2) is 8.84. The number of piperazine rings is 1. The molecule has 0 unspecified atom stereocenters. The molecular weight excluding hydrogens is 366 g/mol. The zero-order valence-electron chi connectivity index (χ0n) is 16.2. The van der Waals surface area contributed by atoms with Gasteiger partial charge < -0.3 is 19.3 Å². The topological polar surface area (TPSA) is 69.0 Å². The van der Waals surface area contributed by atoms with Crippen molar-refractivity contribution in [2.45, 2.75) is 6.04 Å². The van der Waals surface area contributed by atoms with E-state index in [9.17, 15) is 9.90 Å². The molecule has 29 heavy (non-hydrogen) atoms. The number of nitrogens with zero attached hydrogens (tertiary/aromatic N) is 2. The van der Waals surface area contributed by atoms with Crippen LogP contribution in [0.5, 0.6) is 5.75 Å². The number of aromatic hydroxyl groups is 1. The van der Waals surface area contributed by atoms with Gasteiger partial charge in [0.1, 0.15) is 11.5 Å². The Labute approximate surface area is 170 Å². The van der Waals surface area contributed by atoms with Crippen LogP contribution in [0.2, 0.25) is 0 Å². The first-order valence-corrected chi connectivity index (χ1v) is 9.84. The van der Waals surface area contributed by atoms with E-state index in [0.29, 0.717) is 13.1 Å². The summed E-state index contributed by atoms with van der Waals surface area (Å²) in [5.74, 6) is 1.14. The van der Waals surface area contributed by atoms with Crippen molar-refractivity contribution in [2.75, 3.05) is 37.6 Å². The Hall–Kier alpha value is -3.25. The van der Waals surface area contributed by atoms with Gasteiger partial charge in [0, 0.05) is 31.9 Å². The summed E-state index contributed by atoms with van der Waals surface area (Å²) in [4.78, 5) is 16.9. The van der Waals surface area contributed by atoms with Crippen molar-refractivity contribution in [3.8, 4) is 5.75 Å². The SMILES string of the molecule is O=C(CN[C@@H](c1ccccc1)c1ccco1)N1CCN(c2ccc(O)cc2)CC1. The molecule has 150 valence electrons. The predicted molar refractivity (Wildman–Crippen MR) is 112 cm³/mol. The minimum absolute atomic E-state index is 0.0860. The average Bonchev–Trinajstić information content (AvgIpc) is 3.30. The maximum atomic E-state index is 12.8. The molecule has 1 saturated heterocycles. The van der Waals surface area contributed by atoms with Crippen molar-refractivity contribution >= 4 is 11.6 Å². The second-order valence-electron chi connectivity index (χ2n) is 7.12. The zero-order chi connectivity index (χ0) is 20.1. The monoisotopic (exact) mass is 391 g/mol. The third-order valence-electron chi connectivity index (χ3n) is 5.27. The zero-order valence-corrected chi connectivity index (χ0v) is 16.2. The number of rotatable bonds is 6. The lowest BCUT2D eigenvalue weighted by Gasteiger charge is -2.36. The van der Waals surface area contributed by atoms with Crippen LogP contribution < -0.4 is 10.2 Å². The van der Waals surface area contributed by atoms with Gasteiger partial charge >= 0.3 is 0 Å². The van der Waals surface area contributed by atoms with E-state index in [0.717, 1.165) is 30.1 Å². The van der Waals surface area contributed by atoms with Crippen molar-refractivity contribution in [2.24, 2.45) is 0 Å². The van der Waals surface area contributed by atoms with Crippen LogP contribution >= 0.6 is 0 Å². The van der Waals surface area contributed by atoms with Crippen LogP contribution in [0.15, 0.2) is 77.4 Å². The molecule has 1 aromatic heterocycles. The number of hydrogen-bond donors (Lipinski definition) is 2. The van der Waals surface area contributed by atoms with Gasteiger partial charge in [0.15, 0.2) is 0 Å². The van der Waals surface area contributed by atoms with Gasteiger partial charge in [-0.1, -0.05) is 30.3 Å². The molecule has 0 bridgehead atoms. The lowest BCUT2D eigenvalue weighted by Crippen LogP contribution is -2.51. The highest BCUT2D eigenvalue weighted by Crippen LogP contribution is 2.23. The molecule has 2 N–H and O–H groups in total. The summed E-state index contributed by atoms with van der Waals surface area (Å²) in [6, 6.07) is 20.8. The Balaban J connectivity index is 1.34. The molecule has 0 spiro atoms. The van der Waals surface area contributed by atoms with Crippen LogP contribution in [0.4, 0.5) is 5.69 Å². The number of phenols is 1. The molecule has 3 aromatic rings. The van der Waals surface area contributed by atoms with Gasteiger partial charge in [-0.3, -0.25) is 10.1 Å². The maximum Gasteiger partial charge on any atom is 0.236 e. The fourth-order valence-corrected chi connectivity index (χ4v) is 3.66. The van der Waals surface area contributed by atoms with Gasteiger partial charge in [-0.05, 0) is 42.0 Å². The summed E-state index contributed by atoms with van der Waals surface area (Å²) < 4.78 is 5.59. The Morgan fingerprint density at radius 3 is 2.34 bits per heavy atom. The Bertz CT molecular complexity index is 902. The van der Waals surface area contributed by atoms with Crippen LogP contribution in [-0.2, 0) is 4.79 Å². The first kappa shape index (κ1) is 19.1. The molecule has 1 aliphatic heterocycles. The summed E-state index contributed by atoms with van der Waals surface area (Å²) >= 11 is 0. The molecule has 0 aliphatic carbocycles. The van der Waals surface area contributed by atoms with Gasteiger partial charge in [-0.25, -0.2) is 0 Å². The summed E-state index contributed by atoms with van der Waals surface area (Å²) in [6.45, 7) is 3.16. The van der Waals surface area contributed by atoms with Crippen LogP contribution in [0.3, 0.4) is 0 Å². The fourth-order valence-electron chi connectivity index (χ4n) is 3.66. The molecule has 6 nitrogen and oxygen atoms in total. The van der Waals surface area contributed by atoms with Crippen molar-refractivity contribution in [3.05, 3.63) is 84.3 Å². The quantitative estimate of drug-likeness (QED) is 0.676. The number of benzene rings is 2. The molecule has 2 heterocycles. The minimum atomic E-state index is -0.159. The smallest absolute Gasteiger partial charge is 0.236 e. The largest absolute Gasteiger partial charge is 0.508 e. The number of carbonyl (C=O) groups excluding carboxylic acids is 1. The third kappa shape index (κ3) is 4.60. The van der Waals surface area contributed by atoms with Gasteiger partial charge in [-0.2, -0.15) is 0 Å². The summed E-state index contributed by atoms with van der Waals surface area (Å²) in [5.41, 5.74) is 2.13. The molecule has 4 rings (SSSR count). The van der Waals surface area contributed by atoms with E-state index in [1.807, 2.05) is 59.5 Å². The Kier molecular flexibility index (Phi) is 5.81. The summed E-state index contributed by atoms with van der Waals surface area (Å²) in [5, 5.41) is 12.8. The molecule has 1 atom stereocenters. The van der Waals surface area contributed by atoms with E-state index in [2.05, 4.69) is 10.2 Å². The van der Waals surface area contributed by atoms with Crippen LogP contribution in [0, 0.1) is 0 Å². The predicted octanol–water partition coefficient (Wildman–Crippen LogP) is 3.01. The average molecular weight is 391 g/mol. The van der Waals surface area contributed by atoms with Crippen LogP contribution in [0.1, 0.15) is 17.4 Å². The minimum Gasteiger partial charge on any atom is -0.508 e. The van der Waals surface area contributed by atoms with Gasteiger partial charge in [0.05, 0.1) is 18.8 Å². The van der Waals surface area contributed by atoms with E-state index in [-0.39, 0.29) is 24.2 Å². The third-order valence-corrected chi connectivity index (χ3v) is 5.27. The highest BCUT2D eigenvalue weighted by molar-refractivity contribution is 5.78. The summed E-state index contributed by atoms with van der Waals surface area (Å²) in [6.07, 6.45) is 1.65. The Morgan fingerprint density at radius 2 is 1.69 bits per heavy atom. The lowest BCUT2D eigenvalue weighted by molar-refractivity contribution is -0.130. The molecule has 6 heteroatoms. The van der Waals surface area contributed by atoms with E-state index in [1.165, 1.54) is 0 Å². The standard InChI is InChI=1S/C23H25N3O3/c27-20-10-8-19(9-11-20)25-12-14-26(15-13-25)22(28)17-24-23(21-7-4-16-29-21)18-5-2-1-3-6-18/h1-11,16,23-24,27H,12-15,17H2/t23-/m0/s1. The number of carbonyl (C=O) groups is 1. The maximum absolute atomic E-state index is 12.8. The number of furan rings is 1. The van der Waals surface area contributed by atoms with Gasteiger partial charge in [-0.15, -0.1) is 0 Å². The summed E-state index contributed by atoms with van der Waals surface area (Å²) in [7, 11) is 0. The van der Waals surface area contributed by atoms with Gasteiger partial charge in [0.25, 0.3) is 0 Å². The molecule has 1 fully saturated rings. The number of hydrogen-bond acceptors (Lipinski definition) is 5. The Morgan fingerprint density at radius 1 is 0.966 bits per heavy atom. The van der Waals surface area contributed by atoms with Crippen molar-refractivity contribution < 1.29 is 14.3 Å². The lowest BCUT2D eigenvalue weighted by atomic mass is 10.0. The van der Waals surface area contributed by atoms with E-state index >= 15 is 0 Å². The molecule has 1 aliphatic rings. The van der Waals surface area contributed by atoms with E-state index < -0.39 is 0 Å². The van der Waals surface area contributed by atoms with Crippen molar-refractivity contribution in [1.29, 1.82) is 0 Å². The van der Waals surface area contributed by atoms with Crippen LogP contribution in [-0.4, -0.2) is 48.6 Å². The molecular formula is C23H25N3O3.